The Morgan fingerprint density at radius 2 is 2.00 bits per heavy atom. The molecule has 1 N–H and O–H groups in total. The van der Waals surface area contributed by atoms with E-state index in [1.807, 2.05) is 43.3 Å². The molecule has 0 spiro atoms. The van der Waals surface area contributed by atoms with Gasteiger partial charge in [0.1, 0.15) is 0 Å². The number of esters is 1. The minimum atomic E-state index is -0.456. The Labute approximate surface area is 116 Å². The number of cyclic esters (lactones) is 1. The van der Waals surface area contributed by atoms with Gasteiger partial charge in [0.05, 0.1) is 5.56 Å². The molecule has 3 nitrogen and oxygen atoms in total. The van der Waals surface area contributed by atoms with E-state index in [4.69, 9.17) is 16.3 Å². The Morgan fingerprint density at radius 1 is 1.21 bits per heavy atom. The summed E-state index contributed by atoms with van der Waals surface area (Å²) in [4.78, 5) is 11.7. The van der Waals surface area contributed by atoms with Crippen LogP contribution in [0.2, 0.25) is 5.02 Å². The van der Waals surface area contributed by atoms with Crippen molar-refractivity contribution >= 4 is 23.3 Å². The predicted octanol–water partition coefficient (Wildman–Crippen LogP) is 3.93. The Balaban J connectivity index is 1.89. The quantitative estimate of drug-likeness (QED) is 0.843. The minimum Gasteiger partial charge on any atom is -0.434 e. The van der Waals surface area contributed by atoms with Gasteiger partial charge in [-0.25, -0.2) is 4.79 Å². The van der Waals surface area contributed by atoms with Gasteiger partial charge >= 0.3 is 5.97 Å². The Kier molecular flexibility index (Phi) is 2.91. The zero-order chi connectivity index (χ0) is 13.4. The number of anilines is 1. The second-order valence-electron chi connectivity index (χ2n) is 4.48. The van der Waals surface area contributed by atoms with Gasteiger partial charge in [-0.15, -0.1) is 0 Å². The molecular weight excluding hydrogens is 262 g/mol. The van der Waals surface area contributed by atoms with E-state index in [0.29, 0.717) is 10.6 Å². The standard InChI is InChI=1S/C15H12ClNO2/c1-9-6-7-10(8-13(9)16)17-14-11-4-2-3-5-12(11)15(18)19-14/h2-8,14,17H,1H3/t14-/m1/s1. The lowest BCUT2D eigenvalue weighted by Gasteiger charge is -2.15. The molecular formula is C15H12ClNO2. The van der Waals surface area contributed by atoms with Crippen molar-refractivity contribution in [2.75, 3.05) is 5.32 Å². The molecule has 2 aromatic rings. The van der Waals surface area contributed by atoms with Crippen LogP contribution in [0, 0.1) is 6.92 Å². The monoisotopic (exact) mass is 273 g/mol. The van der Waals surface area contributed by atoms with Crippen LogP contribution in [0.25, 0.3) is 0 Å². The topological polar surface area (TPSA) is 38.3 Å². The second kappa shape index (κ2) is 4.59. The second-order valence-corrected chi connectivity index (χ2v) is 4.89. The number of benzene rings is 2. The number of aryl methyl sites for hydroxylation is 1. The summed E-state index contributed by atoms with van der Waals surface area (Å²) in [5.41, 5.74) is 3.29. The first-order valence-corrected chi connectivity index (χ1v) is 6.35. The lowest BCUT2D eigenvalue weighted by molar-refractivity contribution is 0.0437. The van der Waals surface area contributed by atoms with Crippen LogP contribution in [0.5, 0.6) is 0 Å². The van der Waals surface area contributed by atoms with Crippen LogP contribution < -0.4 is 5.32 Å². The number of ether oxygens (including phenoxy) is 1. The number of carbonyl (C=O) groups is 1. The van der Waals surface area contributed by atoms with E-state index < -0.39 is 6.23 Å². The van der Waals surface area contributed by atoms with Gasteiger partial charge in [0, 0.05) is 16.3 Å². The SMILES string of the molecule is Cc1ccc(N[C@@H]2OC(=O)c3ccccc32)cc1Cl. The molecule has 0 fully saturated rings. The van der Waals surface area contributed by atoms with Crippen molar-refractivity contribution in [3.05, 3.63) is 64.2 Å². The largest absolute Gasteiger partial charge is 0.434 e. The lowest BCUT2D eigenvalue weighted by Crippen LogP contribution is -2.10. The maximum atomic E-state index is 11.7. The van der Waals surface area contributed by atoms with E-state index in [1.54, 1.807) is 6.07 Å². The van der Waals surface area contributed by atoms with Crippen molar-refractivity contribution in [2.24, 2.45) is 0 Å². The van der Waals surface area contributed by atoms with Crippen molar-refractivity contribution in [1.29, 1.82) is 0 Å². The summed E-state index contributed by atoms with van der Waals surface area (Å²) in [6, 6.07) is 13.0. The molecule has 96 valence electrons. The zero-order valence-electron chi connectivity index (χ0n) is 10.3. The first-order valence-electron chi connectivity index (χ1n) is 5.98. The van der Waals surface area contributed by atoms with Gasteiger partial charge in [-0.2, -0.15) is 0 Å². The molecule has 0 radical (unpaired) electrons. The number of hydrogen-bond acceptors (Lipinski definition) is 3. The van der Waals surface area contributed by atoms with E-state index >= 15 is 0 Å². The van der Waals surface area contributed by atoms with Crippen LogP contribution in [0.15, 0.2) is 42.5 Å². The number of nitrogens with one attached hydrogen (secondary N) is 1. The van der Waals surface area contributed by atoms with E-state index in [1.165, 1.54) is 0 Å². The molecule has 1 atom stereocenters. The molecule has 3 rings (SSSR count). The number of rotatable bonds is 2. The van der Waals surface area contributed by atoms with Crippen LogP contribution in [-0.2, 0) is 4.74 Å². The summed E-state index contributed by atoms with van der Waals surface area (Å²) >= 11 is 6.08. The Bertz CT molecular complexity index is 654. The van der Waals surface area contributed by atoms with Crippen LogP contribution >= 0.6 is 11.6 Å². The van der Waals surface area contributed by atoms with Gasteiger partial charge in [0.25, 0.3) is 0 Å². The van der Waals surface area contributed by atoms with E-state index in [-0.39, 0.29) is 5.97 Å². The van der Waals surface area contributed by atoms with E-state index in [2.05, 4.69) is 5.32 Å². The predicted molar refractivity (Wildman–Crippen MR) is 74.4 cm³/mol. The summed E-state index contributed by atoms with van der Waals surface area (Å²) in [5, 5.41) is 3.85. The zero-order valence-corrected chi connectivity index (χ0v) is 11.1. The summed E-state index contributed by atoms with van der Waals surface area (Å²) in [6.45, 7) is 1.94. The number of halogens is 1. The Hall–Kier alpha value is -2.00. The fourth-order valence-electron chi connectivity index (χ4n) is 2.09. The molecule has 1 heterocycles. The van der Waals surface area contributed by atoms with Gasteiger partial charge in [-0.3, -0.25) is 0 Å². The van der Waals surface area contributed by atoms with Gasteiger partial charge in [0.15, 0.2) is 0 Å². The number of fused-ring (bicyclic) bond motifs is 1. The van der Waals surface area contributed by atoms with Crippen molar-refractivity contribution in [1.82, 2.24) is 0 Å². The average molecular weight is 274 g/mol. The smallest absolute Gasteiger partial charge is 0.340 e. The third kappa shape index (κ3) is 2.17. The minimum absolute atomic E-state index is 0.300. The molecule has 2 aromatic carbocycles. The number of hydrogen-bond donors (Lipinski definition) is 1. The van der Waals surface area contributed by atoms with Crippen molar-refractivity contribution in [2.45, 2.75) is 13.2 Å². The van der Waals surface area contributed by atoms with Crippen molar-refractivity contribution in [3.8, 4) is 0 Å². The third-order valence-electron chi connectivity index (χ3n) is 3.16. The van der Waals surface area contributed by atoms with Crippen LogP contribution in [0.3, 0.4) is 0 Å². The molecule has 0 saturated heterocycles. The maximum Gasteiger partial charge on any atom is 0.340 e. The first kappa shape index (κ1) is 12.1. The number of carbonyl (C=O) groups excluding carboxylic acids is 1. The highest BCUT2D eigenvalue weighted by atomic mass is 35.5. The summed E-state index contributed by atoms with van der Waals surface area (Å²) in [5.74, 6) is -0.300. The van der Waals surface area contributed by atoms with Gasteiger partial charge < -0.3 is 10.1 Å². The molecule has 0 unspecified atom stereocenters. The van der Waals surface area contributed by atoms with Gasteiger partial charge in [0.2, 0.25) is 6.23 Å². The Morgan fingerprint density at radius 3 is 2.79 bits per heavy atom. The van der Waals surface area contributed by atoms with Crippen molar-refractivity contribution < 1.29 is 9.53 Å². The van der Waals surface area contributed by atoms with Crippen LogP contribution in [-0.4, -0.2) is 5.97 Å². The fourth-order valence-corrected chi connectivity index (χ4v) is 2.27. The first-order chi connectivity index (χ1) is 9.15. The molecule has 19 heavy (non-hydrogen) atoms. The average Bonchev–Trinajstić information content (AvgIpc) is 2.72. The highest BCUT2D eigenvalue weighted by Gasteiger charge is 2.30. The summed E-state index contributed by atoms with van der Waals surface area (Å²) in [7, 11) is 0. The summed E-state index contributed by atoms with van der Waals surface area (Å²) in [6.07, 6.45) is -0.456. The van der Waals surface area contributed by atoms with E-state index in [0.717, 1.165) is 16.8 Å². The molecule has 0 aliphatic carbocycles. The molecule has 0 saturated carbocycles. The van der Waals surface area contributed by atoms with Gasteiger partial charge in [-0.05, 0) is 30.7 Å². The maximum absolute atomic E-state index is 11.7. The fraction of sp³-hybridized carbons (Fsp3) is 0.133. The normalized spacial score (nSPS) is 16.9. The molecule has 1 aliphatic heterocycles. The molecule has 0 amide bonds. The lowest BCUT2D eigenvalue weighted by atomic mass is 10.1. The van der Waals surface area contributed by atoms with Gasteiger partial charge in [-0.1, -0.05) is 35.9 Å². The highest BCUT2D eigenvalue weighted by molar-refractivity contribution is 6.31. The van der Waals surface area contributed by atoms with Crippen LogP contribution in [0.1, 0.15) is 27.7 Å². The summed E-state index contributed by atoms with van der Waals surface area (Å²) < 4.78 is 5.31. The van der Waals surface area contributed by atoms with Crippen LogP contribution in [0.4, 0.5) is 5.69 Å². The van der Waals surface area contributed by atoms with Crippen molar-refractivity contribution in [3.63, 3.8) is 0 Å². The molecule has 0 aromatic heterocycles. The highest BCUT2D eigenvalue weighted by Crippen LogP contribution is 2.32. The third-order valence-corrected chi connectivity index (χ3v) is 3.56. The molecule has 0 bridgehead atoms. The van der Waals surface area contributed by atoms with E-state index in [9.17, 15) is 4.79 Å². The molecule has 1 aliphatic rings. The molecule has 4 heteroatoms.